The predicted octanol–water partition coefficient (Wildman–Crippen LogP) is 5.27. The van der Waals surface area contributed by atoms with E-state index in [1.807, 2.05) is 37.3 Å². The zero-order chi connectivity index (χ0) is 19.5. The smallest absolute Gasteiger partial charge is 0.245 e. The summed E-state index contributed by atoms with van der Waals surface area (Å²) in [5.74, 6) is 0.287. The molecule has 1 aromatic rings. The topological polar surface area (TPSA) is 35.5 Å². The molecule has 0 spiro atoms. The Morgan fingerprint density at radius 1 is 1.08 bits per heavy atom. The lowest BCUT2D eigenvalue weighted by molar-refractivity contribution is -0.107. The summed E-state index contributed by atoms with van der Waals surface area (Å²) in [7, 11) is 3.42. The third-order valence-corrected chi connectivity index (χ3v) is 4.49. The van der Waals surface area contributed by atoms with Crippen LogP contribution in [0.25, 0.3) is 6.08 Å². The summed E-state index contributed by atoms with van der Waals surface area (Å²) in [6.07, 6.45) is 9.36. The first-order chi connectivity index (χ1) is 12.4. The van der Waals surface area contributed by atoms with Gasteiger partial charge in [-0.2, -0.15) is 0 Å². The molecule has 142 valence electrons. The van der Waals surface area contributed by atoms with Crippen molar-refractivity contribution in [3.63, 3.8) is 0 Å². The number of carbonyl (C=O) groups excluding carboxylic acids is 1. The second kappa shape index (κ2) is 11.8. The maximum Gasteiger partial charge on any atom is 0.245 e. The monoisotopic (exact) mass is 376 g/mol. The lowest BCUT2D eigenvalue weighted by Crippen LogP contribution is -2.35. The van der Waals surface area contributed by atoms with E-state index in [0.29, 0.717) is 0 Å². The Morgan fingerprint density at radius 3 is 2.27 bits per heavy atom. The Labute approximate surface area is 162 Å². The van der Waals surface area contributed by atoms with Gasteiger partial charge in [-0.1, -0.05) is 68.5 Å². The van der Waals surface area contributed by atoms with Crippen LogP contribution >= 0.6 is 11.6 Å². The number of carbonyl (C=O) groups is 1. The van der Waals surface area contributed by atoms with Crippen molar-refractivity contribution in [2.45, 2.75) is 33.0 Å². The van der Waals surface area contributed by atoms with E-state index in [1.54, 1.807) is 14.2 Å². The van der Waals surface area contributed by atoms with E-state index in [-0.39, 0.29) is 24.0 Å². The van der Waals surface area contributed by atoms with E-state index in [4.69, 9.17) is 21.1 Å². The molecular formula is C22H29ClO3. The van der Waals surface area contributed by atoms with Gasteiger partial charge >= 0.3 is 0 Å². The molecule has 0 unspecified atom stereocenters. The SMILES string of the molecule is CO[C@H]([C@H](C)[C@H](/C=C/c1ccccc1)OC)[C@@H](C)/C=C/C(C)=C/C(=O)Cl. The van der Waals surface area contributed by atoms with Crippen LogP contribution in [0.1, 0.15) is 26.3 Å². The van der Waals surface area contributed by atoms with Gasteiger partial charge in [-0.25, -0.2) is 0 Å². The molecule has 0 heterocycles. The minimum Gasteiger partial charge on any atom is -0.380 e. The third kappa shape index (κ3) is 7.69. The highest BCUT2D eigenvalue weighted by Gasteiger charge is 2.27. The fourth-order valence-corrected chi connectivity index (χ4v) is 3.15. The van der Waals surface area contributed by atoms with Crippen LogP contribution in [0.3, 0.4) is 0 Å². The van der Waals surface area contributed by atoms with Gasteiger partial charge in [0.25, 0.3) is 0 Å². The van der Waals surface area contributed by atoms with Crippen LogP contribution in [-0.4, -0.2) is 31.7 Å². The maximum atomic E-state index is 10.9. The van der Waals surface area contributed by atoms with Gasteiger partial charge in [-0.05, 0) is 29.7 Å². The highest BCUT2D eigenvalue weighted by atomic mass is 35.5. The van der Waals surface area contributed by atoms with Crippen molar-refractivity contribution >= 4 is 22.9 Å². The molecular weight excluding hydrogens is 348 g/mol. The van der Waals surface area contributed by atoms with E-state index in [1.165, 1.54) is 6.08 Å². The Kier molecular flexibility index (Phi) is 10.2. The lowest BCUT2D eigenvalue weighted by atomic mass is 9.88. The van der Waals surface area contributed by atoms with Crippen LogP contribution in [-0.2, 0) is 14.3 Å². The van der Waals surface area contributed by atoms with Gasteiger partial charge < -0.3 is 9.47 Å². The van der Waals surface area contributed by atoms with Gasteiger partial charge in [0.05, 0.1) is 12.2 Å². The second-order valence-electron chi connectivity index (χ2n) is 6.44. The summed E-state index contributed by atoms with van der Waals surface area (Å²) in [5.41, 5.74) is 1.95. The molecule has 4 heteroatoms. The summed E-state index contributed by atoms with van der Waals surface area (Å²) in [5, 5.41) is -0.470. The molecule has 1 aromatic carbocycles. The van der Waals surface area contributed by atoms with E-state index >= 15 is 0 Å². The van der Waals surface area contributed by atoms with Gasteiger partial charge in [0, 0.05) is 32.1 Å². The van der Waals surface area contributed by atoms with Gasteiger partial charge in [0.15, 0.2) is 0 Å². The molecule has 0 aromatic heterocycles. The van der Waals surface area contributed by atoms with Crippen LogP contribution in [0.4, 0.5) is 0 Å². The highest BCUT2D eigenvalue weighted by Crippen LogP contribution is 2.24. The van der Waals surface area contributed by atoms with E-state index < -0.39 is 5.24 Å². The van der Waals surface area contributed by atoms with Gasteiger partial charge in [0.1, 0.15) is 0 Å². The molecule has 0 fully saturated rings. The molecule has 0 amide bonds. The van der Waals surface area contributed by atoms with Crippen molar-refractivity contribution in [2.75, 3.05) is 14.2 Å². The second-order valence-corrected chi connectivity index (χ2v) is 6.81. The summed E-state index contributed by atoms with van der Waals surface area (Å²) in [6.45, 7) is 6.05. The molecule has 0 saturated heterocycles. The van der Waals surface area contributed by atoms with E-state index in [9.17, 15) is 4.79 Å². The van der Waals surface area contributed by atoms with Crippen molar-refractivity contribution in [2.24, 2.45) is 11.8 Å². The molecule has 0 bridgehead atoms. The number of halogens is 1. The molecule has 0 aliphatic rings. The molecule has 26 heavy (non-hydrogen) atoms. The molecule has 0 aliphatic carbocycles. The summed E-state index contributed by atoms with van der Waals surface area (Å²) < 4.78 is 11.4. The van der Waals surface area contributed by atoms with Crippen molar-refractivity contribution in [1.29, 1.82) is 0 Å². The van der Waals surface area contributed by atoms with E-state index in [0.717, 1.165) is 11.1 Å². The number of ether oxygens (including phenoxy) is 2. The average Bonchev–Trinajstić information content (AvgIpc) is 2.61. The van der Waals surface area contributed by atoms with Crippen LogP contribution in [0.2, 0.25) is 0 Å². The summed E-state index contributed by atoms with van der Waals surface area (Å²) >= 11 is 5.38. The normalized spacial score (nSPS) is 17.4. The molecule has 4 atom stereocenters. The Bertz CT molecular complexity index is 634. The first kappa shape index (κ1) is 22.4. The van der Waals surface area contributed by atoms with Crippen molar-refractivity contribution < 1.29 is 14.3 Å². The zero-order valence-electron chi connectivity index (χ0n) is 16.2. The first-order valence-corrected chi connectivity index (χ1v) is 9.11. The van der Waals surface area contributed by atoms with Gasteiger partial charge in [0.2, 0.25) is 5.24 Å². The fraction of sp³-hybridized carbons (Fsp3) is 0.409. The quantitative estimate of drug-likeness (QED) is 0.317. The maximum absolute atomic E-state index is 10.9. The number of benzene rings is 1. The van der Waals surface area contributed by atoms with Crippen LogP contribution in [0.5, 0.6) is 0 Å². The highest BCUT2D eigenvalue weighted by molar-refractivity contribution is 6.66. The average molecular weight is 377 g/mol. The van der Waals surface area contributed by atoms with Crippen molar-refractivity contribution in [3.8, 4) is 0 Å². The van der Waals surface area contributed by atoms with Crippen LogP contribution < -0.4 is 0 Å². The minimum absolute atomic E-state index is 0.0314. The number of rotatable bonds is 10. The van der Waals surface area contributed by atoms with Gasteiger partial charge in [-0.3, -0.25) is 4.79 Å². The standard InChI is InChI=1S/C22H29ClO3/c1-16(15-21(23)24)11-12-17(2)22(26-5)18(3)20(25-4)14-13-19-9-7-6-8-10-19/h6-15,17-18,20,22H,1-5H3/b12-11+,14-13+,16-15+/t17-,18+,20-,22-/m0/s1. The molecule has 0 N–H and O–H groups in total. The minimum atomic E-state index is -0.470. The molecule has 1 rings (SSSR count). The number of hydrogen-bond donors (Lipinski definition) is 0. The Hall–Kier alpha value is -1.68. The number of allylic oxidation sites excluding steroid dienone is 3. The lowest BCUT2D eigenvalue weighted by Gasteiger charge is -2.30. The van der Waals surface area contributed by atoms with Crippen LogP contribution in [0.15, 0.2) is 60.2 Å². The molecule has 0 aliphatic heterocycles. The largest absolute Gasteiger partial charge is 0.380 e. The van der Waals surface area contributed by atoms with Crippen molar-refractivity contribution in [3.05, 3.63) is 65.8 Å². The first-order valence-electron chi connectivity index (χ1n) is 8.73. The predicted molar refractivity (Wildman–Crippen MR) is 109 cm³/mol. The Morgan fingerprint density at radius 2 is 1.73 bits per heavy atom. The van der Waals surface area contributed by atoms with Gasteiger partial charge in [-0.15, -0.1) is 0 Å². The molecule has 0 saturated carbocycles. The summed E-state index contributed by atoms with van der Waals surface area (Å²) in [6, 6.07) is 10.1. The molecule has 0 radical (unpaired) electrons. The third-order valence-electron chi connectivity index (χ3n) is 4.38. The van der Waals surface area contributed by atoms with E-state index in [2.05, 4.69) is 38.1 Å². The Balaban J connectivity index is 2.83. The fourth-order valence-electron chi connectivity index (χ4n) is 2.97. The van der Waals surface area contributed by atoms with Crippen molar-refractivity contribution in [1.82, 2.24) is 0 Å². The summed E-state index contributed by atoms with van der Waals surface area (Å²) in [4.78, 5) is 10.9. The zero-order valence-corrected chi connectivity index (χ0v) is 16.9. The number of hydrogen-bond acceptors (Lipinski definition) is 3. The number of methoxy groups -OCH3 is 2. The van der Waals surface area contributed by atoms with Crippen LogP contribution in [0, 0.1) is 11.8 Å². The molecule has 3 nitrogen and oxygen atoms in total.